The number of benzene rings is 1. The summed E-state index contributed by atoms with van der Waals surface area (Å²) in [5, 5.41) is 7.72. The van der Waals surface area contributed by atoms with Gasteiger partial charge in [-0.3, -0.25) is 10.3 Å². The minimum Gasteiger partial charge on any atom is -0.339 e. The first kappa shape index (κ1) is 16.3. The molecule has 1 unspecified atom stereocenters. The molecule has 3 aromatic rings. The third-order valence-electron chi connectivity index (χ3n) is 3.95. The van der Waals surface area contributed by atoms with Crippen molar-refractivity contribution in [2.24, 2.45) is 0 Å². The molecule has 0 aliphatic carbocycles. The molecule has 0 aliphatic rings. The summed E-state index contributed by atoms with van der Waals surface area (Å²) in [5.41, 5.74) is 3.30. The van der Waals surface area contributed by atoms with Crippen molar-refractivity contribution in [2.45, 2.75) is 39.3 Å². The van der Waals surface area contributed by atoms with Crippen LogP contribution < -0.4 is 5.32 Å². The summed E-state index contributed by atoms with van der Waals surface area (Å²) in [6, 6.07) is 14.1. The number of rotatable bonds is 7. The molecule has 1 atom stereocenters. The summed E-state index contributed by atoms with van der Waals surface area (Å²) >= 11 is 0. The maximum Gasteiger partial charge on any atom is 0.226 e. The van der Waals surface area contributed by atoms with Crippen molar-refractivity contribution in [1.82, 2.24) is 20.4 Å². The Kier molecular flexibility index (Phi) is 5.33. The molecule has 0 aliphatic heterocycles. The molecule has 0 bridgehead atoms. The number of aryl methyl sites for hydroxylation is 2. The molecule has 5 heteroatoms. The first-order chi connectivity index (χ1) is 11.8. The van der Waals surface area contributed by atoms with Gasteiger partial charge in [-0.05, 0) is 30.5 Å². The van der Waals surface area contributed by atoms with Crippen LogP contribution in [-0.2, 0) is 13.0 Å². The molecule has 0 radical (unpaired) electrons. The zero-order chi connectivity index (χ0) is 16.8. The van der Waals surface area contributed by atoms with Crippen molar-refractivity contribution in [3.63, 3.8) is 0 Å². The highest BCUT2D eigenvalue weighted by Gasteiger charge is 2.20. The molecule has 1 aromatic carbocycles. The van der Waals surface area contributed by atoms with Crippen molar-refractivity contribution >= 4 is 0 Å². The Labute approximate surface area is 142 Å². The second-order valence-corrected chi connectivity index (χ2v) is 5.77. The van der Waals surface area contributed by atoms with Crippen molar-refractivity contribution in [2.75, 3.05) is 0 Å². The van der Waals surface area contributed by atoms with Crippen LogP contribution in [0.3, 0.4) is 0 Å². The summed E-state index contributed by atoms with van der Waals surface area (Å²) in [7, 11) is 0. The number of aromatic nitrogens is 3. The minimum atomic E-state index is -0.111. The lowest BCUT2D eigenvalue weighted by molar-refractivity contribution is 0.367. The van der Waals surface area contributed by atoms with Crippen LogP contribution in [0, 0.1) is 6.92 Å². The van der Waals surface area contributed by atoms with Gasteiger partial charge in [0.25, 0.3) is 0 Å². The third kappa shape index (κ3) is 3.86. The molecule has 0 saturated heterocycles. The highest BCUT2D eigenvalue weighted by Crippen LogP contribution is 2.21. The Balaban J connectivity index is 1.83. The zero-order valence-corrected chi connectivity index (χ0v) is 14.1. The molecule has 2 aromatic heterocycles. The largest absolute Gasteiger partial charge is 0.339 e. The number of nitrogens with zero attached hydrogens (tertiary/aromatic N) is 3. The predicted molar refractivity (Wildman–Crippen MR) is 92.4 cm³/mol. The van der Waals surface area contributed by atoms with Gasteiger partial charge in [0.15, 0.2) is 5.82 Å². The topological polar surface area (TPSA) is 63.8 Å². The molecule has 0 fully saturated rings. The van der Waals surface area contributed by atoms with Gasteiger partial charge < -0.3 is 4.52 Å². The summed E-state index contributed by atoms with van der Waals surface area (Å²) < 4.78 is 5.37. The van der Waals surface area contributed by atoms with Crippen LogP contribution in [0.5, 0.6) is 0 Å². The van der Waals surface area contributed by atoms with Crippen LogP contribution in [0.4, 0.5) is 0 Å². The SMILES string of the molecule is CCCc1nc(C(NCc2cccnc2C)c2ccccc2)no1. The van der Waals surface area contributed by atoms with Gasteiger partial charge in [0.2, 0.25) is 5.89 Å². The fourth-order valence-electron chi connectivity index (χ4n) is 2.62. The van der Waals surface area contributed by atoms with Crippen LogP contribution in [0.1, 0.15) is 47.9 Å². The van der Waals surface area contributed by atoms with Crippen molar-refractivity contribution in [1.29, 1.82) is 0 Å². The molecule has 1 N–H and O–H groups in total. The lowest BCUT2D eigenvalue weighted by Gasteiger charge is -2.16. The van der Waals surface area contributed by atoms with E-state index in [-0.39, 0.29) is 6.04 Å². The van der Waals surface area contributed by atoms with Crippen LogP contribution in [0.2, 0.25) is 0 Å². The van der Waals surface area contributed by atoms with Gasteiger partial charge in [0, 0.05) is 24.9 Å². The fourth-order valence-corrected chi connectivity index (χ4v) is 2.62. The molecule has 2 heterocycles. The van der Waals surface area contributed by atoms with E-state index >= 15 is 0 Å². The molecule has 24 heavy (non-hydrogen) atoms. The van der Waals surface area contributed by atoms with E-state index in [2.05, 4.69) is 45.6 Å². The van der Waals surface area contributed by atoms with Gasteiger partial charge in [-0.15, -0.1) is 0 Å². The summed E-state index contributed by atoms with van der Waals surface area (Å²) in [4.78, 5) is 8.90. The smallest absolute Gasteiger partial charge is 0.226 e. The van der Waals surface area contributed by atoms with E-state index in [1.54, 1.807) is 0 Å². The second-order valence-electron chi connectivity index (χ2n) is 5.77. The van der Waals surface area contributed by atoms with Crippen molar-refractivity contribution in [3.8, 4) is 0 Å². The summed E-state index contributed by atoms with van der Waals surface area (Å²) in [6.07, 6.45) is 3.60. The lowest BCUT2D eigenvalue weighted by atomic mass is 10.1. The Hall–Kier alpha value is -2.53. The Morgan fingerprint density at radius 1 is 1.12 bits per heavy atom. The van der Waals surface area contributed by atoms with Crippen LogP contribution in [-0.4, -0.2) is 15.1 Å². The summed E-state index contributed by atoms with van der Waals surface area (Å²) in [5.74, 6) is 1.36. The second kappa shape index (κ2) is 7.84. The maximum absolute atomic E-state index is 5.37. The van der Waals surface area contributed by atoms with E-state index in [0.717, 1.165) is 29.7 Å². The van der Waals surface area contributed by atoms with E-state index in [9.17, 15) is 0 Å². The molecular weight excluding hydrogens is 300 g/mol. The number of hydrogen-bond acceptors (Lipinski definition) is 5. The molecular formula is C19H22N4O. The van der Waals surface area contributed by atoms with E-state index < -0.39 is 0 Å². The Morgan fingerprint density at radius 3 is 2.71 bits per heavy atom. The highest BCUT2D eigenvalue weighted by atomic mass is 16.5. The standard InChI is InChI=1S/C19H22N4O/c1-3-8-17-22-19(23-24-17)18(15-9-5-4-6-10-15)21-13-16-11-7-12-20-14(16)2/h4-7,9-12,18,21H,3,8,13H2,1-2H3. The normalized spacial score (nSPS) is 12.2. The van der Waals surface area contributed by atoms with Crippen LogP contribution >= 0.6 is 0 Å². The third-order valence-corrected chi connectivity index (χ3v) is 3.95. The van der Waals surface area contributed by atoms with Gasteiger partial charge >= 0.3 is 0 Å². The van der Waals surface area contributed by atoms with E-state index in [4.69, 9.17) is 4.52 Å². The average Bonchev–Trinajstić information content (AvgIpc) is 3.06. The van der Waals surface area contributed by atoms with E-state index in [1.165, 1.54) is 0 Å². The molecule has 0 spiro atoms. The summed E-state index contributed by atoms with van der Waals surface area (Å²) in [6.45, 7) is 4.81. The molecule has 3 rings (SSSR count). The van der Waals surface area contributed by atoms with Crippen molar-refractivity contribution < 1.29 is 4.52 Å². The first-order valence-electron chi connectivity index (χ1n) is 8.29. The zero-order valence-electron chi connectivity index (χ0n) is 14.1. The van der Waals surface area contributed by atoms with Gasteiger partial charge in [0.1, 0.15) is 0 Å². The average molecular weight is 322 g/mol. The highest BCUT2D eigenvalue weighted by molar-refractivity contribution is 5.25. The van der Waals surface area contributed by atoms with E-state index in [1.807, 2.05) is 37.4 Å². The Morgan fingerprint density at radius 2 is 1.96 bits per heavy atom. The predicted octanol–water partition coefficient (Wildman–Crippen LogP) is 3.60. The van der Waals surface area contributed by atoms with Crippen LogP contribution in [0.25, 0.3) is 0 Å². The first-order valence-corrected chi connectivity index (χ1v) is 8.29. The number of hydrogen-bond donors (Lipinski definition) is 1. The number of pyridine rings is 1. The maximum atomic E-state index is 5.37. The van der Waals surface area contributed by atoms with Crippen LogP contribution in [0.15, 0.2) is 53.2 Å². The lowest BCUT2D eigenvalue weighted by Crippen LogP contribution is -2.23. The quantitative estimate of drug-likeness (QED) is 0.720. The van der Waals surface area contributed by atoms with Gasteiger partial charge in [-0.2, -0.15) is 4.98 Å². The molecule has 5 nitrogen and oxygen atoms in total. The molecule has 124 valence electrons. The molecule has 0 amide bonds. The van der Waals surface area contributed by atoms with Gasteiger partial charge in [0.05, 0.1) is 6.04 Å². The van der Waals surface area contributed by atoms with Crippen molar-refractivity contribution in [3.05, 3.63) is 77.2 Å². The van der Waals surface area contributed by atoms with E-state index in [0.29, 0.717) is 18.3 Å². The monoisotopic (exact) mass is 322 g/mol. The minimum absolute atomic E-state index is 0.111. The Bertz CT molecular complexity index is 770. The van der Waals surface area contributed by atoms with Gasteiger partial charge in [-0.1, -0.05) is 48.5 Å². The molecule has 0 saturated carbocycles. The number of nitrogens with one attached hydrogen (secondary N) is 1. The fraction of sp³-hybridized carbons (Fsp3) is 0.316. The van der Waals surface area contributed by atoms with Gasteiger partial charge in [-0.25, -0.2) is 0 Å².